The lowest BCUT2D eigenvalue weighted by Gasteiger charge is -2.24. The third-order valence-corrected chi connectivity index (χ3v) is 4.76. The molecule has 0 spiro atoms. The molecule has 1 aromatic carbocycles. The Morgan fingerprint density at radius 2 is 1.95 bits per heavy atom. The summed E-state index contributed by atoms with van der Waals surface area (Å²) in [5.74, 6) is 0.275. The average molecular weight is 281 g/mol. The van der Waals surface area contributed by atoms with Gasteiger partial charge in [-0.3, -0.25) is 4.90 Å². The summed E-state index contributed by atoms with van der Waals surface area (Å²) in [6.07, 6.45) is 4.71. The first-order valence-electron chi connectivity index (χ1n) is 6.91. The van der Waals surface area contributed by atoms with Gasteiger partial charge >= 0.3 is 0 Å². The van der Waals surface area contributed by atoms with Crippen LogP contribution in [-0.2, 0) is 16.3 Å². The Bertz CT molecular complexity index is 507. The molecule has 1 atom stereocenters. The zero-order chi connectivity index (χ0) is 13.9. The van der Waals surface area contributed by atoms with E-state index >= 15 is 0 Å². The van der Waals surface area contributed by atoms with Gasteiger partial charge in [0.2, 0.25) is 0 Å². The molecule has 1 heterocycles. The largest absolute Gasteiger partial charge is 0.299 e. The van der Waals surface area contributed by atoms with E-state index < -0.39 is 9.84 Å². The van der Waals surface area contributed by atoms with Gasteiger partial charge in [-0.05, 0) is 38.3 Å². The molecule has 0 unspecified atom stereocenters. The fourth-order valence-electron chi connectivity index (χ4n) is 2.70. The zero-order valence-electron chi connectivity index (χ0n) is 11.8. The Kier molecular flexibility index (Phi) is 4.63. The third kappa shape index (κ3) is 4.62. The summed E-state index contributed by atoms with van der Waals surface area (Å²) in [6.45, 7) is 3.80. The molecule has 1 saturated heterocycles. The fourth-order valence-corrected chi connectivity index (χ4v) is 3.27. The van der Waals surface area contributed by atoms with E-state index in [9.17, 15) is 8.42 Å². The van der Waals surface area contributed by atoms with Gasteiger partial charge in [0.25, 0.3) is 0 Å². The molecule has 0 amide bonds. The molecule has 0 bridgehead atoms. The van der Waals surface area contributed by atoms with Crippen LogP contribution in [0.1, 0.15) is 24.0 Å². The Morgan fingerprint density at radius 3 is 2.58 bits per heavy atom. The second-order valence-corrected chi connectivity index (χ2v) is 7.91. The highest BCUT2D eigenvalue weighted by Crippen LogP contribution is 2.21. The standard InChI is InChI=1S/C15H23NO2S/c1-13-5-7-14(8-6-13)12-15-4-3-9-16(15)10-11-19(2,17)18/h5-8,15H,3-4,9-12H2,1-2H3/t15-/m1/s1. The summed E-state index contributed by atoms with van der Waals surface area (Å²) in [6, 6.07) is 9.16. The summed E-state index contributed by atoms with van der Waals surface area (Å²) < 4.78 is 22.5. The Hall–Kier alpha value is -0.870. The number of sulfone groups is 1. The molecular weight excluding hydrogens is 258 g/mol. The van der Waals surface area contributed by atoms with Crippen molar-refractivity contribution in [3.63, 3.8) is 0 Å². The first kappa shape index (κ1) is 14.5. The van der Waals surface area contributed by atoms with E-state index in [1.54, 1.807) is 0 Å². The van der Waals surface area contributed by atoms with Crippen LogP contribution in [0.5, 0.6) is 0 Å². The highest BCUT2D eigenvalue weighted by molar-refractivity contribution is 7.90. The molecule has 106 valence electrons. The van der Waals surface area contributed by atoms with Crippen LogP contribution in [0.3, 0.4) is 0 Å². The molecule has 4 heteroatoms. The van der Waals surface area contributed by atoms with Crippen molar-refractivity contribution in [3.8, 4) is 0 Å². The molecule has 0 aliphatic carbocycles. The van der Waals surface area contributed by atoms with Gasteiger partial charge in [0.05, 0.1) is 5.75 Å². The second-order valence-electron chi connectivity index (χ2n) is 5.65. The smallest absolute Gasteiger partial charge is 0.148 e. The summed E-state index contributed by atoms with van der Waals surface area (Å²) in [5.41, 5.74) is 2.63. The molecule has 3 nitrogen and oxygen atoms in total. The lowest BCUT2D eigenvalue weighted by Crippen LogP contribution is -2.34. The van der Waals surface area contributed by atoms with Gasteiger partial charge < -0.3 is 0 Å². The molecule has 0 saturated carbocycles. The van der Waals surface area contributed by atoms with Gasteiger partial charge in [-0.2, -0.15) is 0 Å². The van der Waals surface area contributed by atoms with Crippen molar-refractivity contribution in [2.75, 3.05) is 25.1 Å². The fraction of sp³-hybridized carbons (Fsp3) is 0.600. The van der Waals surface area contributed by atoms with Crippen molar-refractivity contribution >= 4 is 9.84 Å². The topological polar surface area (TPSA) is 37.4 Å². The van der Waals surface area contributed by atoms with Crippen LogP contribution in [0, 0.1) is 6.92 Å². The molecule has 0 aromatic heterocycles. The van der Waals surface area contributed by atoms with E-state index in [0.29, 0.717) is 12.6 Å². The molecule has 1 aliphatic rings. The van der Waals surface area contributed by atoms with Gasteiger partial charge in [0.1, 0.15) is 9.84 Å². The maximum atomic E-state index is 11.3. The molecule has 1 fully saturated rings. The minimum Gasteiger partial charge on any atom is -0.299 e. The number of hydrogen-bond acceptors (Lipinski definition) is 3. The highest BCUT2D eigenvalue weighted by Gasteiger charge is 2.25. The van der Waals surface area contributed by atoms with E-state index in [2.05, 4.69) is 36.1 Å². The van der Waals surface area contributed by atoms with Gasteiger partial charge in [-0.1, -0.05) is 29.8 Å². The SMILES string of the molecule is Cc1ccc(C[C@H]2CCCN2CCS(C)(=O)=O)cc1. The lowest BCUT2D eigenvalue weighted by atomic mass is 10.0. The lowest BCUT2D eigenvalue weighted by molar-refractivity contribution is 0.267. The minimum atomic E-state index is -2.86. The van der Waals surface area contributed by atoms with Crippen LogP contribution in [0.2, 0.25) is 0 Å². The maximum Gasteiger partial charge on any atom is 0.148 e. The van der Waals surface area contributed by atoms with Gasteiger partial charge in [-0.15, -0.1) is 0 Å². The normalized spacial score (nSPS) is 20.8. The molecule has 1 aromatic rings. The predicted octanol–water partition coefficient (Wildman–Crippen LogP) is 2.05. The van der Waals surface area contributed by atoms with Gasteiger partial charge in [0, 0.05) is 18.8 Å². The molecule has 0 radical (unpaired) electrons. The molecular formula is C15H23NO2S. The molecule has 19 heavy (non-hydrogen) atoms. The van der Waals surface area contributed by atoms with E-state index in [0.717, 1.165) is 13.0 Å². The summed E-state index contributed by atoms with van der Waals surface area (Å²) in [7, 11) is -2.86. The van der Waals surface area contributed by atoms with Crippen LogP contribution in [-0.4, -0.2) is 44.5 Å². The number of rotatable bonds is 5. The highest BCUT2D eigenvalue weighted by atomic mass is 32.2. The van der Waals surface area contributed by atoms with E-state index in [4.69, 9.17) is 0 Å². The molecule has 1 aliphatic heterocycles. The van der Waals surface area contributed by atoms with E-state index in [1.165, 1.54) is 30.2 Å². The van der Waals surface area contributed by atoms with Crippen LogP contribution in [0.15, 0.2) is 24.3 Å². The Balaban J connectivity index is 1.93. The van der Waals surface area contributed by atoms with Crippen LogP contribution in [0.25, 0.3) is 0 Å². The van der Waals surface area contributed by atoms with Crippen molar-refractivity contribution in [1.29, 1.82) is 0 Å². The third-order valence-electron chi connectivity index (χ3n) is 3.84. The van der Waals surface area contributed by atoms with Crippen LogP contribution >= 0.6 is 0 Å². The van der Waals surface area contributed by atoms with Crippen molar-refractivity contribution in [3.05, 3.63) is 35.4 Å². The first-order valence-corrected chi connectivity index (χ1v) is 8.97. The minimum absolute atomic E-state index is 0.275. The van der Waals surface area contributed by atoms with E-state index in [-0.39, 0.29) is 5.75 Å². The van der Waals surface area contributed by atoms with Crippen molar-refractivity contribution in [2.45, 2.75) is 32.2 Å². The molecule has 2 rings (SSSR count). The number of nitrogens with zero attached hydrogens (tertiary/aromatic N) is 1. The number of hydrogen-bond donors (Lipinski definition) is 0. The van der Waals surface area contributed by atoms with E-state index in [1.807, 2.05) is 0 Å². The Labute approximate surface area is 116 Å². The molecule has 0 N–H and O–H groups in total. The zero-order valence-corrected chi connectivity index (χ0v) is 12.6. The number of aryl methyl sites for hydroxylation is 1. The van der Waals surface area contributed by atoms with Crippen LogP contribution in [0.4, 0.5) is 0 Å². The van der Waals surface area contributed by atoms with Crippen molar-refractivity contribution in [2.24, 2.45) is 0 Å². The first-order chi connectivity index (χ1) is 8.94. The second kappa shape index (κ2) is 6.06. The number of likely N-dealkylation sites (tertiary alicyclic amines) is 1. The Morgan fingerprint density at radius 1 is 1.26 bits per heavy atom. The maximum absolute atomic E-state index is 11.3. The average Bonchev–Trinajstić information content (AvgIpc) is 2.76. The van der Waals surface area contributed by atoms with Crippen molar-refractivity contribution in [1.82, 2.24) is 4.90 Å². The predicted molar refractivity (Wildman–Crippen MR) is 79.2 cm³/mol. The summed E-state index contributed by atoms with van der Waals surface area (Å²) >= 11 is 0. The van der Waals surface area contributed by atoms with Crippen LogP contribution < -0.4 is 0 Å². The monoisotopic (exact) mass is 281 g/mol. The summed E-state index contributed by atoms with van der Waals surface area (Å²) in [4.78, 5) is 2.33. The summed E-state index contributed by atoms with van der Waals surface area (Å²) in [5, 5.41) is 0. The quantitative estimate of drug-likeness (QED) is 0.829. The number of benzene rings is 1. The van der Waals surface area contributed by atoms with Gasteiger partial charge in [0.15, 0.2) is 0 Å². The van der Waals surface area contributed by atoms with Gasteiger partial charge in [-0.25, -0.2) is 8.42 Å². The van der Waals surface area contributed by atoms with Crippen molar-refractivity contribution < 1.29 is 8.42 Å².